The van der Waals surface area contributed by atoms with Crippen LogP contribution in [0.25, 0.3) is 10.8 Å². The number of benzene rings is 1. The maximum absolute atomic E-state index is 12.7. The summed E-state index contributed by atoms with van der Waals surface area (Å²) in [6.07, 6.45) is 3.54. The highest BCUT2D eigenvalue weighted by atomic mass is 32.2. The fourth-order valence-electron chi connectivity index (χ4n) is 2.39. The van der Waals surface area contributed by atoms with Crippen molar-refractivity contribution in [1.82, 2.24) is 4.98 Å². The van der Waals surface area contributed by atoms with Crippen LogP contribution in [0, 0.1) is 0 Å². The van der Waals surface area contributed by atoms with Crippen molar-refractivity contribution < 1.29 is 4.79 Å². The number of nitrogens with zero attached hydrogens (tertiary/aromatic N) is 1. The van der Waals surface area contributed by atoms with Crippen LogP contribution in [0.4, 0.5) is 0 Å². The third-order valence-electron chi connectivity index (χ3n) is 3.38. The number of Topliss-reactive ketones (excluding diaryl/α,β-unsaturated/α-hetero) is 1. The van der Waals surface area contributed by atoms with E-state index in [9.17, 15) is 4.79 Å². The Kier molecular flexibility index (Phi) is 3.80. The third-order valence-corrected chi connectivity index (χ3v) is 6.47. The predicted octanol–water partition coefficient (Wildman–Crippen LogP) is 3.65. The lowest BCUT2D eigenvalue weighted by Crippen LogP contribution is -2.31. The van der Waals surface area contributed by atoms with Crippen LogP contribution in [0.5, 0.6) is 0 Å². The van der Waals surface area contributed by atoms with Gasteiger partial charge in [-0.05, 0) is 5.39 Å². The first-order valence-electron chi connectivity index (χ1n) is 6.37. The van der Waals surface area contributed by atoms with E-state index in [-0.39, 0.29) is 11.0 Å². The summed E-state index contributed by atoms with van der Waals surface area (Å²) in [6, 6.07) is 7.97. The van der Waals surface area contributed by atoms with Crippen LogP contribution in [-0.4, -0.2) is 32.8 Å². The molecule has 3 rings (SSSR count). The normalized spacial score (nSPS) is 23.4. The molecule has 0 radical (unpaired) electrons. The van der Waals surface area contributed by atoms with E-state index in [4.69, 9.17) is 0 Å². The first-order valence-corrected chi connectivity index (χ1v) is 8.47. The van der Waals surface area contributed by atoms with Crippen molar-refractivity contribution >= 4 is 40.1 Å². The SMILES string of the molecule is CC1SCCSC1C(=O)c1cncc2ccccc12. The standard InChI is InChI=1S/C15H15NOS2/c1-10-15(19-7-6-18-10)14(17)13-9-16-8-11-4-2-3-5-12(11)13/h2-5,8-10,15H,6-7H2,1H3. The van der Waals surface area contributed by atoms with E-state index in [1.54, 1.807) is 18.0 Å². The van der Waals surface area contributed by atoms with Gasteiger partial charge >= 0.3 is 0 Å². The maximum atomic E-state index is 12.7. The molecule has 0 aliphatic carbocycles. The third kappa shape index (κ3) is 2.51. The number of hydrogen-bond donors (Lipinski definition) is 0. The number of fused-ring (bicyclic) bond motifs is 1. The highest BCUT2D eigenvalue weighted by Gasteiger charge is 2.30. The zero-order valence-electron chi connectivity index (χ0n) is 10.7. The van der Waals surface area contributed by atoms with Crippen LogP contribution in [0.3, 0.4) is 0 Å². The van der Waals surface area contributed by atoms with Gasteiger partial charge in [0.25, 0.3) is 0 Å². The summed E-state index contributed by atoms with van der Waals surface area (Å²) in [5, 5.41) is 2.50. The summed E-state index contributed by atoms with van der Waals surface area (Å²) in [6.45, 7) is 2.15. The number of hydrogen-bond acceptors (Lipinski definition) is 4. The molecule has 1 aromatic carbocycles. The van der Waals surface area contributed by atoms with Crippen molar-refractivity contribution in [2.45, 2.75) is 17.4 Å². The summed E-state index contributed by atoms with van der Waals surface area (Å²) in [7, 11) is 0. The topological polar surface area (TPSA) is 30.0 Å². The minimum absolute atomic E-state index is 0.0614. The second-order valence-electron chi connectivity index (χ2n) is 4.64. The summed E-state index contributed by atoms with van der Waals surface area (Å²) < 4.78 is 0. The van der Waals surface area contributed by atoms with Gasteiger partial charge < -0.3 is 0 Å². The fraction of sp³-hybridized carbons (Fsp3) is 0.333. The molecule has 1 aliphatic rings. The van der Waals surface area contributed by atoms with Crippen LogP contribution in [-0.2, 0) is 0 Å². The monoisotopic (exact) mass is 289 g/mol. The minimum atomic E-state index is 0.0614. The lowest BCUT2D eigenvalue weighted by Gasteiger charge is -2.26. The molecule has 0 bridgehead atoms. The molecule has 1 aliphatic heterocycles. The molecular formula is C15H15NOS2. The Bertz CT molecular complexity index is 609. The van der Waals surface area contributed by atoms with E-state index in [1.807, 2.05) is 42.2 Å². The molecule has 98 valence electrons. The van der Waals surface area contributed by atoms with Crippen LogP contribution in [0.15, 0.2) is 36.7 Å². The van der Waals surface area contributed by atoms with E-state index in [0.29, 0.717) is 5.25 Å². The second-order valence-corrected chi connectivity index (χ2v) is 7.37. The zero-order chi connectivity index (χ0) is 13.2. The Balaban J connectivity index is 2.01. The van der Waals surface area contributed by atoms with Gasteiger partial charge in [-0.2, -0.15) is 11.8 Å². The van der Waals surface area contributed by atoms with E-state index in [0.717, 1.165) is 27.8 Å². The average Bonchev–Trinajstić information content (AvgIpc) is 2.46. The largest absolute Gasteiger partial charge is 0.293 e. The predicted molar refractivity (Wildman–Crippen MR) is 84.2 cm³/mol. The van der Waals surface area contributed by atoms with E-state index >= 15 is 0 Å². The van der Waals surface area contributed by atoms with Gasteiger partial charge in [-0.1, -0.05) is 31.2 Å². The smallest absolute Gasteiger partial charge is 0.179 e. The highest BCUT2D eigenvalue weighted by molar-refractivity contribution is 8.07. The van der Waals surface area contributed by atoms with E-state index in [2.05, 4.69) is 11.9 Å². The van der Waals surface area contributed by atoms with Gasteiger partial charge in [0.2, 0.25) is 0 Å². The van der Waals surface area contributed by atoms with Crippen LogP contribution >= 0.6 is 23.5 Å². The molecule has 19 heavy (non-hydrogen) atoms. The molecule has 4 heteroatoms. The van der Waals surface area contributed by atoms with Crippen LogP contribution in [0.2, 0.25) is 0 Å². The molecule has 1 saturated heterocycles. The Hall–Kier alpha value is -1.00. The first-order chi connectivity index (χ1) is 9.27. The molecule has 0 amide bonds. The molecular weight excluding hydrogens is 274 g/mol. The number of carbonyl (C=O) groups is 1. The number of aromatic nitrogens is 1. The summed E-state index contributed by atoms with van der Waals surface area (Å²) in [5.41, 5.74) is 0.768. The van der Waals surface area contributed by atoms with Crippen LogP contribution in [0.1, 0.15) is 17.3 Å². The van der Waals surface area contributed by atoms with Gasteiger partial charge in [0.15, 0.2) is 5.78 Å². The number of rotatable bonds is 2. The van der Waals surface area contributed by atoms with E-state index in [1.165, 1.54) is 0 Å². The number of pyridine rings is 1. The van der Waals surface area contributed by atoms with Gasteiger partial charge in [0.05, 0.1) is 5.25 Å². The van der Waals surface area contributed by atoms with Crippen LogP contribution < -0.4 is 0 Å². The van der Waals surface area contributed by atoms with Gasteiger partial charge in [-0.15, -0.1) is 11.8 Å². The maximum Gasteiger partial charge on any atom is 0.179 e. The zero-order valence-corrected chi connectivity index (χ0v) is 12.3. The Morgan fingerprint density at radius 3 is 2.84 bits per heavy atom. The molecule has 2 nitrogen and oxygen atoms in total. The molecule has 2 heterocycles. The minimum Gasteiger partial charge on any atom is -0.293 e. The summed E-state index contributed by atoms with van der Waals surface area (Å²) in [4.78, 5) is 17.0. The van der Waals surface area contributed by atoms with Gasteiger partial charge in [-0.25, -0.2) is 0 Å². The van der Waals surface area contributed by atoms with Crippen molar-refractivity contribution in [3.8, 4) is 0 Å². The number of carbonyl (C=O) groups excluding carboxylic acids is 1. The molecule has 2 atom stereocenters. The summed E-state index contributed by atoms with van der Waals surface area (Å²) in [5.74, 6) is 2.43. The Morgan fingerprint density at radius 2 is 2.00 bits per heavy atom. The second kappa shape index (κ2) is 5.55. The lowest BCUT2D eigenvalue weighted by atomic mass is 10.0. The first kappa shape index (κ1) is 13.0. The highest BCUT2D eigenvalue weighted by Crippen LogP contribution is 2.34. The van der Waals surface area contributed by atoms with Crippen molar-refractivity contribution in [3.05, 3.63) is 42.2 Å². The average molecular weight is 289 g/mol. The number of ketones is 1. The Morgan fingerprint density at radius 1 is 1.21 bits per heavy atom. The van der Waals surface area contributed by atoms with Gasteiger partial charge in [0, 0.05) is 40.1 Å². The molecule has 2 aromatic rings. The number of thioether (sulfide) groups is 2. The molecule has 0 saturated carbocycles. The molecule has 2 unspecified atom stereocenters. The van der Waals surface area contributed by atoms with Crippen molar-refractivity contribution in [3.63, 3.8) is 0 Å². The van der Waals surface area contributed by atoms with Crippen molar-refractivity contribution in [2.24, 2.45) is 0 Å². The Labute approximate surface area is 121 Å². The molecule has 1 fully saturated rings. The molecule has 0 spiro atoms. The van der Waals surface area contributed by atoms with Crippen molar-refractivity contribution in [1.29, 1.82) is 0 Å². The molecule has 1 aromatic heterocycles. The molecule has 0 N–H and O–H groups in total. The van der Waals surface area contributed by atoms with Crippen molar-refractivity contribution in [2.75, 3.05) is 11.5 Å². The fourth-order valence-corrected chi connectivity index (χ4v) is 5.10. The summed E-state index contributed by atoms with van der Waals surface area (Å²) >= 11 is 3.68. The lowest BCUT2D eigenvalue weighted by molar-refractivity contribution is 0.0991. The van der Waals surface area contributed by atoms with Gasteiger partial charge in [0.1, 0.15) is 0 Å². The quantitative estimate of drug-likeness (QED) is 0.789. The van der Waals surface area contributed by atoms with Gasteiger partial charge in [-0.3, -0.25) is 9.78 Å². The van der Waals surface area contributed by atoms with E-state index < -0.39 is 0 Å².